The van der Waals surface area contributed by atoms with Crippen molar-refractivity contribution in [3.63, 3.8) is 0 Å². The lowest BCUT2D eigenvalue weighted by Crippen LogP contribution is -2.13. The van der Waals surface area contributed by atoms with Gasteiger partial charge in [0.25, 0.3) is 0 Å². The predicted octanol–water partition coefficient (Wildman–Crippen LogP) is 35.1. The van der Waals surface area contributed by atoms with Crippen molar-refractivity contribution in [2.75, 3.05) is 20.0 Å². The van der Waals surface area contributed by atoms with Gasteiger partial charge in [0, 0.05) is 152 Å². The van der Waals surface area contributed by atoms with Gasteiger partial charge in [-0.05, 0) is 227 Å². The molecule has 126 heavy (non-hydrogen) atoms. The van der Waals surface area contributed by atoms with Crippen molar-refractivity contribution in [2.24, 2.45) is 0 Å². The molecule has 20 aromatic carbocycles. The van der Waals surface area contributed by atoms with Crippen molar-refractivity contribution in [2.45, 2.75) is 7.43 Å². The van der Waals surface area contributed by atoms with E-state index in [1.807, 2.05) is 40.9 Å². The Labute approximate surface area is 745 Å². The molecule has 24 rings (SSSR count). The van der Waals surface area contributed by atoms with E-state index in [9.17, 15) is 0 Å². The molecule has 0 saturated heterocycles. The molecule has 0 radical (unpaired) electrons. The number of hydrogen-bond donors (Lipinski definition) is 1. The quantitative estimate of drug-likeness (QED) is 0.111. The van der Waals surface area contributed by atoms with Gasteiger partial charge in [-0.15, -0.1) is 22.7 Å². The summed E-state index contributed by atoms with van der Waals surface area (Å²) < 4.78 is 10.1. The zero-order chi connectivity index (χ0) is 83.1. The van der Waals surface area contributed by atoms with E-state index in [4.69, 9.17) is 11.6 Å². The van der Waals surface area contributed by atoms with Crippen LogP contribution in [0, 0.1) is 0 Å². The van der Waals surface area contributed by atoms with Crippen LogP contribution in [0.1, 0.15) is 7.43 Å². The first-order valence-electron chi connectivity index (χ1n) is 42.2. The SMILES string of the molecule is C.Clc1cccc(-c2ccc3c4ccc5ccccc5c4n(-c4ccccc4)c3c2)c1.c1ccc(N(c2ccccc2)c2cccc(N(c3cccc(-c4ccc5c6ccc7ccccc7c6n(-c6ccccc6)c5c4)c3)c3ccc4sc5ccccc5c4c3)c2)cc1.c1ccc(N(c2ccccc2)c2cccc(Nc3ccc4sc5ccccc5c4c3)c2)cc1. The van der Waals surface area contributed by atoms with Gasteiger partial charge in [-0.25, -0.2) is 0 Å². The van der Waals surface area contributed by atoms with Gasteiger partial charge in [-0.3, -0.25) is 0 Å². The molecule has 600 valence electrons. The molecule has 0 saturated carbocycles. The number of fused-ring (bicyclic) bond motifs is 16. The van der Waals surface area contributed by atoms with Crippen LogP contribution < -0.4 is 20.0 Å². The largest absolute Gasteiger partial charge is 0.355 e. The Kier molecular flexibility index (Phi) is 21.0. The van der Waals surface area contributed by atoms with E-state index in [0.717, 1.165) is 101 Å². The highest BCUT2D eigenvalue weighted by Crippen LogP contribution is 2.48. The number of thiophene rings is 2. The van der Waals surface area contributed by atoms with E-state index in [1.54, 1.807) is 0 Å². The standard InChI is InChI=1S/C58H39N3S.C30H22N2S.C28H18ClN.CH4/c1-4-18-43(19-5-1)59(44-20-6-2-7-21-44)47-25-15-26-48(38-47)60(49-32-35-57-54(39-49)52-28-12-13-29-56(52)62-57)46-24-14-17-41(36-46)42-31-33-51-53-34-30-40-16-10-11-27-50(40)58(53)61(55(51)37-42)45-22-8-3-9-23-45;1-3-11-24(12-4-1)32(25-13-5-2-6-14-25)26-15-9-10-22(20-26)31-23-18-19-30-28(21-23)27-16-7-8-17-29(27)33-30;29-22-9-6-8-20(17-22)21-14-15-25-26-16-13-19-7-4-5-12-24(19)28(26)30(27(25)18-21)23-10-2-1-3-11-23;/h1-39H;1-21,31H;1-18H;1H4. The van der Waals surface area contributed by atoms with Gasteiger partial charge in [0.05, 0.1) is 22.1 Å². The van der Waals surface area contributed by atoms with E-state index in [0.29, 0.717) is 0 Å². The molecule has 9 heteroatoms. The number of rotatable bonds is 15. The summed E-state index contributed by atoms with van der Waals surface area (Å²) in [6.45, 7) is 0. The normalized spacial score (nSPS) is 11.3. The second kappa shape index (κ2) is 34.0. The van der Waals surface area contributed by atoms with Crippen LogP contribution in [-0.4, -0.2) is 9.13 Å². The molecule has 0 aliphatic rings. The summed E-state index contributed by atoms with van der Waals surface area (Å²) in [5, 5.41) is 19.6. The predicted molar refractivity (Wildman–Crippen MR) is 545 cm³/mol. The molecule has 0 spiro atoms. The van der Waals surface area contributed by atoms with Gasteiger partial charge in [-0.1, -0.05) is 298 Å². The fourth-order valence-electron chi connectivity index (χ4n) is 18.1. The van der Waals surface area contributed by atoms with Crippen LogP contribution in [0.15, 0.2) is 473 Å². The van der Waals surface area contributed by atoms with Gasteiger partial charge in [0.2, 0.25) is 0 Å². The maximum Gasteiger partial charge on any atom is 0.0619 e. The number of hydrogen-bond acceptors (Lipinski definition) is 6. The molecule has 6 nitrogen and oxygen atoms in total. The number of aromatic nitrogens is 2. The lowest BCUT2D eigenvalue weighted by molar-refractivity contribution is 1.19. The van der Waals surface area contributed by atoms with Gasteiger partial charge in [0.1, 0.15) is 0 Å². The minimum absolute atomic E-state index is 0. The summed E-state index contributed by atoms with van der Waals surface area (Å²) in [6.07, 6.45) is 0. The lowest BCUT2D eigenvalue weighted by atomic mass is 10.0. The van der Waals surface area contributed by atoms with Gasteiger partial charge < -0.3 is 29.2 Å². The van der Waals surface area contributed by atoms with Gasteiger partial charge in [-0.2, -0.15) is 0 Å². The zero-order valence-corrected chi connectivity index (χ0v) is 70.4. The first kappa shape index (κ1) is 77.8. The number of anilines is 11. The minimum Gasteiger partial charge on any atom is -0.355 e. The second-order valence-electron chi connectivity index (χ2n) is 31.4. The Balaban J connectivity index is 0.000000127. The fourth-order valence-corrected chi connectivity index (χ4v) is 20.4. The average Bonchev–Trinajstić information content (AvgIpc) is 1.57. The van der Waals surface area contributed by atoms with Crippen LogP contribution in [0.3, 0.4) is 0 Å². The smallest absolute Gasteiger partial charge is 0.0619 e. The van der Waals surface area contributed by atoms with Crippen LogP contribution in [0.25, 0.3) is 139 Å². The summed E-state index contributed by atoms with van der Waals surface area (Å²) in [5.74, 6) is 0. The third-order valence-corrected chi connectivity index (χ3v) is 26.3. The molecule has 0 aliphatic heterocycles. The molecular formula is C117H83ClN6S2. The van der Waals surface area contributed by atoms with Crippen molar-refractivity contribution in [1.82, 2.24) is 9.13 Å². The van der Waals surface area contributed by atoms with Crippen LogP contribution in [0.2, 0.25) is 5.02 Å². The number of benzene rings is 20. The van der Waals surface area contributed by atoms with Crippen LogP contribution in [0.5, 0.6) is 0 Å². The van der Waals surface area contributed by atoms with Crippen LogP contribution >= 0.6 is 34.3 Å². The minimum atomic E-state index is 0. The summed E-state index contributed by atoms with van der Waals surface area (Å²) in [6, 6.07) is 169. The molecule has 1 N–H and O–H groups in total. The van der Waals surface area contributed by atoms with Crippen LogP contribution in [-0.2, 0) is 0 Å². The molecule has 0 fully saturated rings. The molecule has 4 aromatic heterocycles. The number of para-hydroxylation sites is 6. The topological polar surface area (TPSA) is 31.6 Å². The van der Waals surface area contributed by atoms with E-state index >= 15 is 0 Å². The van der Waals surface area contributed by atoms with Crippen molar-refractivity contribution in [1.29, 1.82) is 0 Å². The maximum atomic E-state index is 6.26. The van der Waals surface area contributed by atoms with E-state index < -0.39 is 0 Å². The maximum absolute atomic E-state index is 6.26. The van der Waals surface area contributed by atoms with Crippen molar-refractivity contribution in [3.05, 3.63) is 478 Å². The zero-order valence-electron chi connectivity index (χ0n) is 68.0. The highest BCUT2D eigenvalue weighted by molar-refractivity contribution is 7.26. The Morgan fingerprint density at radius 2 is 0.548 bits per heavy atom. The van der Waals surface area contributed by atoms with E-state index in [2.05, 4.69) is 484 Å². The molecule has 0 atom stereocenters. The van der Waals surface area contributed by atoms with Gasteiger partial charge in [0.15, 0.2) is 0 Å². The first-order chi connectivity index (χ1) is 61.9. The third-order valence-electron chi connectivity index (χ3n) is 23.7. The lowest BCUT2D eigenvalue weighted by Gasteiger charge is -2.29. The molecular weight excluding hydrogens is 1590 g/mol. The second-order valence-corrected chi connectivity index (χ2v) is 34.0. The molecule has 0 aliphatic carbocycles. The number of nitrogens with one attached hydrogen (secondary N) is 1. The van der Waals surface area contributed by atoms with Crippen molar-refractivity contribution >= 4 is 202 Å². The van der Waals surface area contributed by atoms with E-state index in [1.165, 1.54) is 106 Å². The Morgan fingerprint density at radius 1 is 0.206 bits per heavy atom. The Bertz CT molecular complexity index is 8030. The summed E-state index contributed by atoms with van der Waals surface area (Å²) >= 11 is 9.96. The monoisotopic (exact) mass is 1670 g/mol. The number of nitrogens with zero attached hydrogens (tertiary/aromatic N) is 5. The number of halogens is 1. The van der Waals surface area contributed by atoms with Crippen molar-refractivity contribution in [3.8, 4) is 33.6 Å². The average molecular weight is 1670 g/mol. The highest BCUT2D eigenvalue weighted by Gasteiger charge is 2.23. The first-order valence-corrected chi connectivity index (χ1v) is 44.2. The van der Waals surface area contributed by atoms with Gasteiger partial charge >= 0.3 is 0 Å². The summed E-state index contributed by atoms with van der Waals surface area (Å²) in [5.41, 5.74) is 23.8. The molecule has 24 aromatic rings. The molecule has 0 bridgehead atoms. The molecule has 0 amide bonds. The van der Waals surface area contributed by atoms with E-state index in [-0.39, 0.29) is 7.43 Å². The Morgan fingerprint density at radius 3 is 1.04 bits per heavy atom. The summed E-state index contributed by atoms with van der Waals surface area (Å²) in [4.78, 5) is 7.03. The highest BCUT2D eigenvalue weighted by atomic mass is 35.5. The molecule has 4 heterocycles. The van der Waals surface area contributed by atoms with Crippen LogP contribution in [0.4, 0.5) is 62.6 Å². The Hall–Kier alpha value is -15.6. The molecule has 0 unspecified atom stereocenters. The summed E-state index contributed by atoms with van der Waals surface area (Å²) in [7, 11) is 0. The van der Waals surface area contributed by atoms with Crippen molar-refractivity contribution < 1.29 is 0 Å². The third kappa shape index (κ3) is 14.8. The fraction of sp³-hybridized carbons (Fsp3) is 0.00855.